The monoisotopic (exact) mass is 495 g/mol. The fourth-order valence-electron chi connectivity index (χ4n) is 3.73. The molecule has 7 heteroatoms. The van der Waals surface area contributed by atoms with Crippen molar-refractivity contribution >= 4 is 34.6 Å². The zero-order chi connectivity index (χ0) is 25.7. The third-order valence-corrected chi connectivity index (χ3v) is 6.74. The van der Waals surface area contributed by atoms with Crippen molar-refractivity contribution in [3.63, 3.8) is 0 Å². The van der Waals surface area contributed by atoms with Gasteiger partial charge >= 0.3 is 0 Å². The Labute approximate surface area is 213 Å². The van der Waals surface area contributed by atoms with E-state index in [-0.39, 0.29) is 15.8 Å². The number of nitrogens with one attached hydrogen (secondary N) is 1. The Balaban J connectivity index is 1.90. The number of carbonyl (C=O) groups is 1. The number of rotatable bonds is 6. The molecule has 0 atom stereocenters. The number of amides is 1. The number of hydrogen-bond acceptors (Lipinski definition) is 5. The second-order valence-electron chi connectivity index (χ2n) is 8.35. The molecule has 1 aromatic heterocycles. The highest BCUT2D eigenvalue weighted by Gasteiger charge is 2.17. The second-order valence-corrected chi connectivity index (χ2v) is 9.38. The first kappa shape index (κ1) is 24.7. The minimum absolute atomic E-state index is 0.145. The summed E-state index contributed by atoms with van der Waals surface area (Å²) in [6.45, 7) is 4.18. The molecule has 0 fully saturated rings. The van der Waals surface area contributed by atoms with Crippen LogP contribution in [0.15, 0.2) is 83.7 Å². The van der Waals surface area contributed by atoms with Crippen molar-refractivity contribution in [1.29, 1.82) is 5.26 Å². The number of anilines is 1. The lowest BCUT2D eigenvalue weighted by atomic mass is 10.0. The fraction of sp³-hybridized carbons (Fsp3) is 0.138. The number of nitrogens with zero attached hydrogens (tertiary/aromatic N) is 2. The van der Waals surface area contributed by atoms with Gasteiger partial charge in [-0.2, -0.15) is 5.26 Å². The van der Waals surface area contributed by atoms with Crippen molar-refractivity contribution in [2.75, 3.05) is 12.4 Å². The summed E-state index contributed by atoms with van der Waals surface area (Å²) in [5.74, 6) is 0.398. The van der Waals surface area contributed by atoms with Crippen molar-refractivity contribution in [2.24, 2.45) is 0 Å². The number of para-hydroxylation sites is 2. The van der Waals surface area contributed by atoms with E-state index in [2.05, 4.69) is 19.2 Å². The molecule has 0 bridgehead atoms. The van der Waals surface area contributed by atoms with Crippen LogP contribution in [0.3, 0.4) is 0 Å². The average Bonchev–Trinajstić information content (AvgIpc) is 3.20. The van der Waals surface area contributed by atoms with Crippen LogP contribution >= 0.6 is 11.3 Å². The Morgan fingerprint density at radius 3 is 2.33 bits per heavy atom. The standard InChI is InChI=1S/C29H25N3O3S/c1-19(2)20-13-15-22(16-14-20)31-27(33)24(18-30)29-32(23-10-5-4-6-11-23)28(34)26(36-29)17-21-9-7-8-12-25(21)35-3/h4-17,19H,1-3H3,(H,31,33). The van der Waals surface area contributed by atoms with Gasteiger partial charge in [-0.25, -0.2) is 0 Å². The van der Waals surface area contributed by atoms with Gasteiger partial charge < -0.3 is 10.1 Å². The van der Waals surface area contributed by atoms with Crippen LogP contribution in [-0.2, 0) is 4.79 Å². The molecule has 1 amide bonds. The Morgan fingerprint density at radius 2 is 1.69 bits per heavy atom. The lowest BCUT2D eigenvalue weighted by molar-refractivity contribution is -0.111. The maximum absolute atomic E-state index is 13.5. The zero-order valence-corrected chi connectivity index (χ0v) is 21.0. The molecular formula is C29H25N3O3S. The van der Waals surface area contributed by atoms with Crippen molar-refractivity contribution in [3.8, 4) is 17.5 Å². The molecule has 0 aliphatic carbocycles. The third kappa shape index (κ3) is 5.14. The number of hydrogen-bond donors (Lipinski definition) is 1. The summed E-state index contributed by atoms with van der Waals surface area (Å²) < 4.78 is 7.46. The minimum atomic E-state index is -0.579. The van der Waals surface area contributed by atoms with Crippen molar-refractivity contribution in [3.05, 3.63) is 110 Å². The molecule has 0 aliphatic rings. The van der Waals surface area contributed by atoms with Crippen molar-refractivity contribution in [1.82, 2.24) is 4.57 Å². The molecule has 6 nitrogen and oxygen atoms in total. The summed E-state index contributed by atoms with van der Waals surface area (Å²) in [6.07, 6.45) is 1.71. The highest BCUT2D eigenvalue weighted by molar-refractivity contribution is 7.07. The Morgan fingerprint density at radius 1 is 1.03 bits per heavy atom. The van der Waals surface area contributed by atoms with Gasteiger partial charge in [-0.3, -0.25) is 14.2 Å². The van der Waals surface area contributed by atoms with E-state index >= 15 is 0 Å². The first-order chi connectivity index (χ1) is 17.4. The maximum Gasteiger partial charge on any atom is 0.273 e. The topological polar surface area (TPSA) is 84.1 Å². The number of ether oxygens (including phenoxy) is 1. The number of benzene rings is 3. The van der Waals surface area contributed by atoms with Gasteiger partial charge in [0.1, 0.15) is 16.5 Å². The highest BCUT2D eigenvalue weighted by Crippen LogP contribution is 2.19. The van der Waals surface area contributed by atoms with E-state index in [1.807, 2.05) is 54.6 Å². The molecule has 0 saturated carbocycles. The molecule has 1 heterocycles. The summed E-state index contributed by atoms with van der Waals surface area (Å²) in [7, 11) is 1.56. The number of carbonyl (C=O) groups excluding carboxylic acids is 1. The Hall–Kier alpha value is -4.41. The van der Waals surface area contributed by atoms with Crippen LogP contribution in [0.5, 0.6) is 5.75 Å². The summed E-state index contributed by atoms with van der Waals surface area (Å²) in [6, 6.07) is 25.8. The van der Waals surface area contributed by atoms with E-state index in [0.717, 1.165) is 22.5 Å². The first-order valence-electron chi connectivity index (χ1n) is 11.4. The van der Waals surface area contributed by atoms with Crippen LogP contribution < -0.4 is 24.8 Å². The Bertz CT molecular complexity index is 1610. The maximum atomic E-state index is 13.5. The first-order valence-corrected chi connectivity index (χ1v) is 12.2. The van der Waals surface area contributed by atoms with Crippen molar-refractivity contribution < 1.29 is 9.53 Å². The predicted molar refractivity (Wildman–Crippen MR) is 144 cm³/mol. The van der Waals surface area contributed by atoms with Gasteiger partial charge in [0.2, 0.25) is 0 Å². The number of aromatic nitrogens is 1. The summed E-state index contributed by atoms with van der Waals surface area (Å²) in [5.41, 5.74) is 2.53. The van der Waals surface area contributed by atoms with Gasteiger partial charge in [0.05, 0.1) is 17.3 Å². The summed E-state index contributed by atoms with van der Waals surface area (Å²) in [4.78, 5) is 26.8. The van der Waals surface area contributed by atoms with E-state index < -0.39 is 5.91 Å². The zero-order valence-electron chi connectivity index (χ0n) is 20.2. The number of nitriles is 1. The molecule has 0 radical (unpaired) electrons. The van der Waals surface area contributed by atoms with E-state index in [1.165, 1.54) is 4.57 Å². The number of methoxy groups -OCH3 is 1. The summed E-state index contributed by atoms with van der Waals surface area (Å²) >= 11 is 1.09. The molecule has 0 aliphatic heterocycles. The molecule has 0 spiro atoms. The van der Waals surface area contributed by atoms with Gasteiger partial charge in [-0.05, 0) is 47.9 Å². The lowest BCUT2D eigenvalue weighted by Gasteiger charge is -2.08. The molecular weight excluding hydrogens is 470 g/mol. The van der Waals surface area contributed by atoms with Crippen LogP contribution in [0.4, 0.5) is 5.69 Å². The van der Waals surface area contributed by atoms with Gasteiger partial charge in [-0.15, -0.1) is 11.3 Å². The van der Waals surface area contributed by atoms with Crippen LogP contribution in [0.2, 0.25) is 0 Å². The van der Waals surface area contributed by atoms with Gasteiger partial charge in [0, 0.05) is 11.3 Å². The molecule has 0 unspecified atom stereocenters. The average molecular weight is 496 g/mol. The van der Waals surface area contributed by atoms with Crippen LogP contribution in [0.1, 0.15) is 30.9 Å². The van der Waals surface area contributed by atoms with Gasteiger partial charge in [-0.1, -0.05) is 62.4 Å². The van der Waals surface area contributed by atoms with Crippen LogP contribution in [0, 0.1) is 11.3 Å². The fourth-order valence-corrected chi connectivity index (χ4v) is 4.82. The summed E-state index contributed by atoms with van der Waals surface area (Å²) in [5, 5.41) is 12.8. The van der Waals surface area contributed by atoms with Crippen molar-refractivity contribution in [2.45, 2.75) is 19.8 Å². The Kier molecular flexibility index (Phi) is 7.47. The number of thiazole rings is 1. The minimum Gasteiger partial charge on any atom is -0.496 e. The van der Waals surface area contributed by atoms with E-state index in [1.54, 1.807) is 43.5 Å². The molecule has 180 valence electrons. The largest absolute Gasteiger partial charge is 0.496 e. The highest BCUT2D eigenvalue weighted by atomic mass is 32.1. The lowest BCUT2D eigenvalue weighted by Crippen LogP contribution is -2.32. The quantitative estimate of drug-likeness (QED) is 0.435. The smallest absolute Gasteiger partial charge is 0.273 e. The molecule has 4 rings (SSSR count). The SMILES string of the molecule is COc1ccccc1C=c1sc(=C(C#N)C(=O)Nc2ccc(C(C)C)cc2)n(-c2ccccc2)c1=O. The second kappa shape index (κ2) is 10.9. The van der Waals surface area contributed by atoms with Gasteiger partial charge in [0.25, 0.3) is 11.5 Å². The van der Waals surface area contributed by atoms with E-state index in [4.69, 9.17) is 4.74 Å². The van der Waals surface area contributed by atoms with Crippen LogP contribution in [0.25, 0.3) is 17.3 Å². The van der Waals surface area contributed by atoms with Crippen LogP contribution in [-0.4, -0.2) is 17.6 Å². The normalized spacial score (nSPS) is 12.2. The van der Waals surface area contributed by atoms with Gasteiger partial charge in [0.15, 0.2) is 5.57 Å². The molecule has 0 saturated heterocycles. The molecule has 4 aromatic rings. The molecule has 36 heavy (non-hydrogen) atoms. The third-order valence-electron chi connectivity index (χ3n) is 5.65. The van der Waals surface area contributed by atoms with E-state index in [0.29, 0.717) is 27.6 Å². The molecule has 3 aromatic carbocycles. The predicted octanol–water partition coefficient (Wildman–Crippen LogP) is 4.17. The molecule has 1 N–H and O–H groups in total. The van der Waals surface area contributed by atoms with E-state index in [9.17, 15) is 14.9 Å².